The van der Waals surface area contributed by atoms with Crippen molar-refractivity contribution in [3.63, 3.8) is 0 Å². The largest absolute Gasteiger partial charge is 0.492 e. The maximum Gasteiger partial charge on any atom is 0.333 e. The van der Waals surface area contributed by atoms with Crippen LogP contribution in [0.1, 0.15) is 45.0 Å². The predicted octanol–water partition coefficient (Wildman–Crippen LogP) is 7.98. The minimum Gasteiger partial charge on any atom is -0.492 e. The first-order valence-electron chi connectivity index (χ1n) is 16.5. The van der Waals surface area contributed by atoms with Gasteiger partial charge in [0.1, 0.15) is 12.4 Å². The molecule has 6 rings (SSSR count). The number of aliphatic carboxylic acids is 1. The second-order valence-corrected chi connectivity index (χ2v) is 12.4. The molecule has 5 aromatic carbocycles. The van der Waals surface area contributed by atoms with Gasteiger partial charge in [-0.05, 0) is 94.9 Å². The Hall–Kier alpha value is -4.71. The number of ether oxygens (including phenoxy) is 2. The molecule has 0 bridgehead atoms. The Bertz CT molecular complexity index is 1770. The fourth-order valence-corrected chi connectivity index (χ4v) is 6.67. The lowest BCUT2D eigenvalue weighted by Crippen LogP contribution is -2.30. The normalized spacial score (nSPS) is 14.6. The van der Waals surface area contributed by atoms with Gasteiger partial charge in [0.15, 0.2) is 6.10 Å². The lowest BCUT2D eigenvalue weighted by Gasteiger charge is -2.31. The number of rotatable bonds is 13. The molecule has 5 aromatic rings. The fraction of sp³-hybridized carbons (Fsp3) is 0.262. The number of likely N-dealkylation sites (N-methyl/N-ethyl adjacent to an activating group) is 1. The number of methoxy groups -OCH3 is 1. The number of carbonyl (C=O) groups is 1. The van der Waals surface area contributed by atoms with Gasteiger partial charge >= 0.3 is 5.97 Å². The van der Waals surface area contributed by atoms with Crippen LogP contribution in [0.4, 0.5) is 0 Å². The van der Waals surface area contributed by atoms with Crippen LogP contribution in [-0.2, 0) is 41.6 Å². The van der Waals surface area contributed by atoms with E-state index in [4.69, 9.17) is 9.47 Å². The topological polar surface area (TPSA) is 59.0 Å². The highest BCUT2D eigenvalue weighted by atomic mass is 16.5. The highest BCUT2D eigenvalue weighted by Gasteiger charge is 2.28. The first-order chi connectivity index (χ1) is 23.0. The van der Waals surface area contributed by atoms with E-state index in [9.17, 15) is 9.90 Å². The maximum absolute atomic E-state index is 11.4. The van der Waals surface area contributed by atoms with Gasteiger partial charge in [-0.15, -0.1) is 0 Å². The molecule has 0 radical (unpaired) electrons. The molecule has 0 spiro atoms. The Morgan fingerprint density at radius 1 is 0.745 bits per heavy atom. The molecule has 0 saturated heterocycles. The molecule has 47 heavy (non-hydrogen) atoms. The zero-order valence-corrected chi connectivity index (χ0v) is 27.3. The highest BCUT2D eigenvalue weighted by molar-refractivity contribution is 5.72. The zero-order valence-electron chi connectivity index (χ0n) is 27.3. The van der Waals surface area contributed by atoms with Crippen LogP contribution < -0.4 is 4.74 Å². The van der Waals surface area contributed by atoms with E-state index in [1.807, 2.05) is 24.3 Å². The van der Waals surface area contributed by atoms with Gasteiger partial charge in [-0.2, -0.15) is 0 Å². The standard InChI is InChI=1S/C42H43NO4/c1-43(25-26-47-37-22-16-32(17-23-37)28-40(46-2)42(44)45)41-38-24-21-35(33-11-7-4-8-12-33)29-36(38)20-19-34-18-15-31(27-39(34)41)14-13-30-9-5-3-6-10-30/h3-12,15-18,21-24,27,29,40-41H,13-14,19-20,25-26,28H2,1-2H3,(H,44,45). The van der Waals surface area contributed by atoms with E-state index in [1.54, 1.807) is 0 Å². The summed E-state index contributed by atoms with van der Waals surface area (Å²) in [7, 11) is 3.63. The number of benzene rings is 5. The third-order valence-corrected chi connectivity index (χ3v) is 9.32. The van der Waals surface area contributed by atoms with Gasteiger partial charge in [0.25, 0.3) is 0 Å². The van der Waals surface area contributed by atoms with Crippen LogP contribution in [0.5, 0.6) is 5.75 Å². The molecule has 1 aliphatic carbocycles. The molecule has 0 aromatic heterocycles. The third-order valence-electron chi connectivity index (χ3n) is 9.32. The summed E-state index contributed by atoms with van der Waals surface area (Å²) in [4.78, 5) is 13.8. The van der Waals surface area contributed by atoms with Crippen molar-refractivity contribution in [2.45, 2.75) is 44.2 Å². The fourth-order valence-electron chi connectivity index (χ4n) is 6.67. The minimum atomic E-state index is -0.961. The number of aryl methyl sites for hydroxylation is 4. The number of fused-ring (bicyclic) bond motifs is 2. The molecule has 240 valence electrons. The molecule has 0 aliphatic heterocycles. The molecule has 5 heteroatoms. The number of nitrogens with zero attached hydrogens (tertiary/aromatic N) is 1. The second-order valence-electron chi connectivity index (χ2n) is 12.4. The lowest BCUT2D eigenvalue weighted by atomic mass is 9.90. The Balaban J connectivity index is 1.23. The Morgan fingerprint density at radius 2 is 1.43 bits per heavy atom. The quantitative estimate of drug-likeness (QED) is 0.144. The molecule has 1 N–H and O–H groups in total. The van der Waals surface area contributed by atoms with Crippen molar-refractivity contribution in [1.82, 2.24) is 4.90 Å². The summed E-state index contributed by atoms with van der Waals surface area (Å²) in [6, 6.07) is 43.2. The van der Waals surface area contributed by atoms with E-state index < -0.39 is 12.1 Å². The first-order valence-corrected chi connectivity index (χ1v) is 16.5. The molecule has 2 unspecified atom stereocenters. The van der Waals surface area contributed by atoms with Gasteiger partial charge < -0.3 is 14.6 Å². The van der Waals surface area contributed by atoms with Crippen LogP contribution in [0.25, 0.3) is 11.1 Å². The molecule has 0 saturated carbocycles. The third kappa shape index (κ3) is 7.99. The van der Waals surface area contributed by atoms with E-state index in [1.165, 1.54) is 51.6 Å². The molecule has 0 amide bonds. The summed E-state index contributed by atoms with van der Waals surface area (Å²) in [6.45, 7) is 1.27. The van der Waals surface area contributed by atoms with E-state index in [0.717, 1.165) is 43.5 Å². The first kappa shape index (κ1) is 32.2. The molecule has 0 fully saturated rings. The van der Waals surface area contributed by atoms with Crippen molar-refractivity contribution in [1.29, 1.82) is 0 Å². The van der Waals surface area contributed by atoms with Crippen LogP contribution in [0, 0.1) is 0 Å². The summed E-state index contributed by atoms with van der Waals surface area (Å²) in [5, 5.41) is 9.31. The Labute approximate surface area is 278 Å². The number of hydrogen-bond acceptors (Lipinski definition) is 4. The van der Waals surface area contributed by atoms with Crippen LogP contribution in [-0.4, -0.2) is 49.4 Å². The average Bonchev–Trinajstić information content (AvgIpc) is 3.27. The summed E-state index contributed by atoms with van der Waals surface area (Å²) in [6.07, 6.45) is 3.50. The van der Waals surface area contributed by atoms with Gasteiger partial charge in [-0.25, -0.2) is 4.79 Å². The average molecular weight is 626 g/mol. The minimum absolute atomic E-state index is 0.108. The van der Waals surface area contributed by atoms with Gasteiger partial charge in [-0.1, -0.05) is 109 Å². The van der Waals surface area contributed by atoms with E-state index in [-0.39, 0.29) is 6.04 Å². The number of carboxylic acid groups (broad SMARTS) is 1. The van der Waals surface area contributed by atoms with Gasteiger partial charge in [0.05, 0.1) is 6.04 Å². The van der Waals surface area contributed by atoms with Gasteiger partial charge in [0.2, 0.25) is 0 Å². The van der Waals surface area contributed by atoms with Crippen molar-refractivity contribution >= 4 is 5.97 Å². The molecular weight excluding hydrogens is 582 g/mol. The Morgan fingerprint density at radius 3 is 2.15 bits per heavy atom. The van der Waals surface area contributed by atoms with Crippen LogP contribution in [0.2, 0.25) is 0 Å². The molecule has 5 nitrogen and oxygen atoms in total. The highest BCUT2D eigenvalue weighted by Crippen LogP contribution is 2.38. The van der Waals surface area contributed by atoms with Crippen molar-refractivity contribution in [2.75, 3.05) is 27.3 Å². The van der Waals surface area contributed by atoms with Crippen molar-refractivity contribution < 1.29 is 19.4 Å². The van der Waals surface area contributed by atoms with Crippen molar-refractivity contribution in [2.24, 2.45) is 0 Å². The van der Waals surface area contributed by atoms with Crippen molar-refractivity contribution in [3.8, 4) is 16.9 Å². The van der Waals surface area contributed by atoms with Crippen LogP contribution in [0.3, 0.4) is 0 Å². The zero-order chi connectivity index (χ0) is 32.6. The van der Waals surface area contributed by atoms with E-state index >= 15 is 0 Å². The van der Waals surface area contributed by atoms with Crippen molar-refractivity contribution in [3.05, 3.63) is 160 Å². The SMILES string of the molecule is COC(Cc1ccc(OCCN(C)C2c3ccc(-c4ccccc4)cc3CCc3ccc(CCc4ccccc4)cc32)cc1)C(=O)O. The smallest absolute Gasteiger partial charge is 0.333 e. The predicted molar refractivity (Wildman–Crippen MR) is 188 cm³/mol. The molecule has 1 aliphatic rings. The summed E-state index contributed by atoms with van der Waals surface area (Å²) >= 11 is 0. The van der Waals surface area contributed by atoms with E-state index in [2.05, 4.69) is 109 Å². The number of carboxylic acids is 1. The monoisotopic (exact) mass is 625 g/mol. The summed E-state index contributed by atoms with van der Waals surface area (Å²) in [5.41, 5.74) is 11.7. The van der Waals surface area contributed by atoms with E-state index in [0.29, 0.717) is 13.0 Å². The molecule has 0 heterocycles. The summed E-state index contributed by atoms with van der Waals surface area (Å²) in [5.74, 6) is -0.194. The molecular formula is C42H43NO4. The van der Waals surface area contributed by atoms with Gasteiger partial charge in [0, 0.05) is 20.1 Å². The number of hydrogen-bond donors (Lipinski definition) is 1. The van der Waals surface area contributed by atoms with Crippen LogP contribution >= 0.6 is 0 Å². The maximum atomic E-state index is 11.4. The lowest BCUT2D eigenvalue weighted by molar-refractivity contribution is -0.148. The second kappa shape index (κ2) is 15.3. The molecule has 2 atom stereocenters. The Kier molecular flexibility index (Phi) is 10.5. The van der Waals surface area contributed by atoms with Crippen LogP contribution in [0.15, 0.2) is 121 Å². The summed E-state index contributed by atoms with van der Waals surface area (Å²) < 4.78 is 11.3. The van der Waals surface area contributed by atoms with Gasteiger partial charge in [-0.3, -0.25) is 4.90 Å².